The van der Waals surface area contributed by atoms with Crippen LogP contribution in [0.1, 0.15) is 11.1 Å². The number of methoxy groups -OCH3 is 1. The molecule has 2 rings (SSSR count). The molecule has 102 valence electrons. The molecule has 0 radical (unpaired) electrons. The fourth-order valence-corrected chi connectivity index (χ4v) is 2.13. The molecule has 4 heteroatoms. The molecule has 0 spiro atoms. The molecule has 0 heterocycles. The van der Waals surface area contributed by atoms with Gasteiger partial charge in [-0.05, 0) is 36.2 Å². The predicted octanol–water partition coefficient (Wildman–Crippen LogP) is 4.14. The summed E-state index contributed by atoms with van der Waals surface area (Å²) in [7, 11) is 1.69. The normalized spacial score (nSPS) is 10.1. The van der Waals surface area contributed by atoms with Crippen LogP contribution in [-0.2, 0) is 11.2 Å². The second kappa shape index (κ2) is 6.95. The van der Waals surface area contributed by atoms with Gasteiger partial charge in [0, 0.05) is 18.5 Å². The number of ether oxygens (including phenoxy) is 1. The second-order valence-electron chi connectivity index (χ2n) is 4.33. The molecule has 0 aliphatic heterocycles. The van der Waals surface area contributed by atoms with Gasteiger partial charge in [-0.3, -0.25) is 0 Å². The van der Waals surface area contributed by atoms with Gasteiger partial charge in [-0.25, -0.2) is 0 Å². The molecule has 0 amide bonds. The fraction of sp³-hybridized carbons (Fsp3) is 0.188. The van der Waals surface area contributed by atoms with Gasteiger partial charge < -0.3 is 10.1 Å². The summed E-state index contributed by atoms with van der Waals surface area (Å²) < 4.78 is 5.12. The number of anilines is 2. The van der Waals surface area contributed by atoms with Crippen molar-refractivity contribution >= 4 is 23.0 Å². The van der Waals surface area contributed by atoms with Crippen LogP contribution in [0, 0.1) is 11.3 Å². The van der Waals surface area contributed by atoms with Crippen molar-refractivity contribution in [2.24, 2.45) is 0 Å². The lowest BCUT2D eigenvalue weighted by Crippen LogP contribution is -2.00. The van der Waals surface area contributed by atoms with Crippen molar-refractivity contribution in [3.63, 3.8) is 0 Å². The molecule has 2 aromatic carbocycles. The number of nitrogens with one attached hydrogen (secondary N) is 1. The van der Waals surface area contributed by atoms with E-state index in [0.29, 0.717) is 17.2 Å². The van der Waals surface area contributed by atoms with E-state index >= 15 is 0 Å². The van der Waals surface area contributed by atoms with E-state index in [0.717, 1.165) is 17.8 Å². The molecule has 0 aliphatic carbocycles. The minimum atomic E-state index is 0.451. The zero-order valence-corrected chi connectivity index (χ0v) is 11.9. The van der Waals surface area contributed by atoms with Crippen LogP contribution in [0.15, 0.2) is 42.5 Å². The quantitative estimate of drug-likeness (QED) is 0.898. The summed E-state index contributed by atoms with van der Waals surface area (Å²) in [4.78, 5) is 0. The summed E-state index contributed by atoms with van der Waals surface area (Å²) >= 11 is 6.04. The number of nitrogens with zero attached hydrogens (tertiary/aromatic N) is 1. The summed E-state index contributed by atoms with van der Waals surface area (Å²) in [5.74, 6) is 0. The fourth-order valence-electron chi connectivity index (χ4n) is 1.91. The van der Waals surface area contributed by atoms with Crippen LogP contribution >= 0.6 is 11.6 Å². The lowest BCUT2D eigenvalue weighted by molar-refractivity contribution is 0.202. The van der Waals surface area contributed by atoms with Crippen LogP contribution in [0.3, 0.4) is 0 Å². The molecule has 0 aromatic heterocycles. The number of para-hydroxylation sites is 1. The van der Waals surface area contributed by atoms with Gasteiger partial charge >= 0.3 is 0 Å². The van der Waals surface area contributed by atoms with E-state index in [1.54, 1.807) is 19.2 Å². The van der Waals surface area contributed by atoms with Crippen molar-refractivity contribution in [3.05, 3.63) is 58.6 Å². The maximum absolute atomic E-state index is 8.87. The smallest absolute Gasteiger partial charge is 0.101 e. The van der Waals surface area contributed by atoms with E-state index in [1.807, 2.05) is 30.3 Å². The van der Waals surface area contributed by atoms with E-state index in [9.17, 15) is 0 Å². The molecule has 0 saturated heterocycles. The Balaban J connectivity index is 2.22. The van der Waals surface area contributed by atoms with Gasteiger partial charge in [-0.15, -0.1) is 0 Å². The number of benzene rings is 2. The number of halogens is 1. The van der Waals surface area contributed by atoms with E-state index in [2.05, 4.69) is 11.4 Å². The molecule has 2 aromatic rings. The Morgan fingerprint density at radius 1 is 1.25 bits per heavy atom. The third-order valence-corrected chi connectivity index (χ3v) is 3.27. The van der Waals surface area contributed by atoms with Crippen LogP contribution in [0.5, 0.6) is 0 Å². The Kier molecular flexibility index (Phi) is 5.00. The average molecular weight is 287 g/mol. The van der Waals surface area contributed by atoms with Crippen molar-refractivity contribution in [1.82, 2.24) is 0 Å². The Morgan fingerprint density at radius 3 is 2.75 bits per heavy atom. The largest absolute Gasteiger partial charge is 0.384 e. The Morgan fingerprint density at radius 2 is 2.05 bits per heavy atom. The van der Waals surface area contributed by atoms with Crippen LogP contribution < -0.4 is 5.32 Å². The van der Waals surface area contributed by atoms with Crippen LogP contribution in [-0.4, -0.2) is 13.7 Å². The van der Waals surface area contributed by atoms with Crippen LogP contribution in [0.2, 0.25) is 5.02 Å². The molecule has 0 saturated carbocycles. The van der Waals surface area contributed by atoms with Gasteiger partial charge in [-0.1, -0.05) is 29.8 Å². The first kappa shape index (κ1) is 14.4. The average Bonchev–Trinajstić information content (AvgIpc) is 2.46. The number of nitriles is 1. The molecule has 0 aliphatic rings. The van der Waals surface area contributed by atoms with Crippen LogP contribution in [0.25, 0.3) is 0 Å². The molecule has 3 nitrogen and oxygen atoms in total. The highest BCUT2D eigenvalue weighted by Crippen LogP contribution is 2.25. The van der Waals surface area contributed by atoms with Crippen molar-refractivity contribution in [3.8, 4) is 6.07 Å². The molecule has 0 fully saturated rings. The summed E-state index contributed by atoms with van der Waals surface area (Å²) in [5.41, 5.74) is 3.53. The lowest BCUT2D eigenvalue weighted by Gasteiger charge is -2.12. The van der Waals surface area contributed by atoms with E-state index in [-0.39, 0.29) is 0 Å². The van der Waals surface area contributed by atoms with Crippen LogP contribution in [0.4, 0.5) is 11.4 Å². The first-order valence-corrected chi connectivity index (χ1v) is 6.66. The number of hydrogen-bond acceptors (Lipinski definition) is 3. The maximum atomic E-state index is 8.87. The standard InChI is InChI=1S/C16H15ClN2O/c1-20-9-8-12-4-2-3-5-16(12)19-14-7-6-13(11-18)15(17)10-14/h2-7,10,19H,8-9H2,1H3. The van der Waals surface area contributed by atoms with Crippen molar-refractivity contribution in [1.29, 1.82) is 5.26 Å². The lowest BCUT2D eigenvalue weighted by atomic mass is 10.1. The molecule has 0 unspecified atom stereocenters. The van der Waals surface area contributed by atoms with Gasteiger partial charge in [-0.2, -0.15) is 5.26 Å². The first-order valence-electron chi connectivity index (χ1n) is 6.28. The Labute approximate surface area is 123 Å². The number of hydrogen-bond donors (Lipinski definition) is 1. The topological polar surface area (TPSA) is 45.0 Å². The van der Waals surface area contributed by atoms with E-state index in [1.165, 1.54) is 5.56 Å². The molecular formula is C16H15ClN2O. The van der Waals surface area contributed by atoms with E-state index in [4.69, 9.17) is 21.6 Å². The SMILES string of the molecule is COCCc1ccccc1Nc1ccc(C#N)c(Cl)c1. The first-order chi connectivity index (χ1) is 9.74. The maximum Gasteiger partial charge on any atom is 0.101 e. The van der Waals surface area contributed by atoms with Gasteiger partial charge in [0.2, 0.25) is 0 Å². The van der Waals surface area contributed by atoms with Gasteiger partial charge in [0.15, 0.2) is 0 Å². The molecule has 0 bridgehead atoms. The molecule has 20 heavy (non-hydrogen) atoms. The summed E-state index contributed by atoms with van der Waals surface area (Å²) in [6.45, 7) is 0.673. The summed E-state index contributed by atoms with van der Waals surface area (Å²) in [5, 5.41) is 12.6. The van der Waals surface area contributed by atoms with E-state index < -0.39 is 0 Å². The highest BCUT2D eigenvalue weighted by atomic mass is 35.5. The van der Waals surface area contributed by atoms with Gasteiger partial charge in [0.1, 0.15) is 6.07 Å². The molecule has 0 atom stereocenters. The summed E-state index contributed by atoms with van der Waals surface area (Å²) in [6.07, 6.45) is 0.837. The molecule has 1 N–H and O–H groups in total. The monoisotopic (exact) mass is 286 g/mol. The van der Waals surface area contributed by atoms with Crippen molar-refractivity contribution in [2.45, 2.75) is 6.42 Å². The highest BCUT2D eigenvalue weighted by molar-refractivity contribution is 6.32. The minimum Gasteiger partial charge on any atom is -0.384 e. The minimum absolute atomic E-state index is 0.451. The Hall–Kier alpha value is -2.02. The zero-order chi connectivity index (χ0) is 14.4. The van der Waals surface area contributed by atoms with Crippen molar-refractivity contribution in [2.75, 3.05) is 19.0 Å². The van der Waals surface area contributed by atoms with Gasteiger partial charge in [0.25, 0.3) is 0 Å². The Bertz CT molecular complexity index is 635. The third-order valence-electron chi connectivity index (χ3n) is 2.96. The highest BCUT2D eigenvalue weighted by Gasteiger charge is 2.04. The second-order valence-corrected chi connectivity index (χ2v) is 4.74. The van der Waals surface area contributed by atoms with Gasteiger partial charge in [0.05, 0.1) is 17.2 Å². The summed E-state index contributed by atoms with van der Waals surface area (Å²) in [6, 6.07) is 15.4. The van der Waals surface area contributed by atoms with Crippen molar-refractivity contribution < 1.29 is 4.74 Å². The third kappa shape index (κ3) is 3.51. The number of rotatable bonds is 5. The predicted molar refractivity (Wildman–Crippen MR) is 81.5 cm³/mol. The zero-order valence-electron chi connectivity index (χ0n) is 11.2. The molecular weight excluding hydrogens is 272 g/mol.